The summed E-state index contributed by atoms with van der Waals surface area (Å²) in [6.45, 7) is 0.165. The smallest absolute Gasteiger partial charge is 0.129 e. The molecule has 1 aromatic rings. The molecule has 0 aliphatic heterocycles. The van der Waals surface area contributed by atoms with E-state index in [2.05, 4.69) is 0 Å². The minimum atomic E-state index is -0.693. The van der Waals surface area contributed by atoms with Crippen LogP contribution in [-0.2, 0) is 0 Å². The van der Waals surface area contributed by atoms with Crippen LogP contribution in [0.1, 0.15) is 11.7 Å². The molecule has 0 saturated carbocycles. The molecule has 0 aliphatic carbocycles. The molecule has 0 spiro atoms. The highest BCUT2D eigenvalue weighted by Gasteiger charge is 2.07. The van der Waals surface area contributed by atoms with Crippen LogP contribution in [0.4, 0.5) is 0 Å². The monoisotopic (exact) mass is 199 g/mol. The van der Waals surface area contributed by atoms with Gasteiger partial charge in [-0.15, -0.1) is 11.8 Å². The molecule has 3 nitrogen and oxygen atoms in total. The second kappa shape index (κ2) is 4.50. The molecule has 1 unspecified atom stereocenters. The Bertz CT molecular complexity index is 291. The maximum atomic E-state index is 9.46. The molecule has 1 aromatic carbocycles. The number of hydrogen-bond donors (Lipinski definition) is 3. The fourth-order valence-corrected chi connectivity index (χ4v) is 1.52. The minimum Gasteiger partial charge on any atom is -0.507 e. The number of thioether (sulfide) groups is 1. The van der Waals surface area contributed by atoms with Crippen molar-refractivity contribution < 1.29 is 10.2 Å². The summed E-state index contributed by atoms with van der Waals surface area (Å²) in [4.78, 5) is 0.799. The lowest BCUT2D eigenvalue weighted by Crippen LogP contribution is -2.11. The third-order valence-electron chi connectivity index (χ3n) is 1.81. The van der Waals surface area contributed by atoms with Gasteiger partial charge in [0.1, 0.15) is 5.75 Å². The number of aromatic hydroxyl groups is 1. The molecule has 0 amide bonds. The van der Waals surface area contributed by atoms with Gasteiger partial charge in [0.2, 0.25) is 0 Å². The molecule has 13 heavy (non-hydrogen) atoms. The zero-order valence-electron chi connectivity index (χ0n) is 7.40. The third kappa shape index (κ3) is 2.37. The summed E-state index contributed by atoms with van der Waals surface area (Å²) in [6, 6.07) is 5.08. The Labute approximate surface area is 81.6 Å². The van der Waals surface area contributed by atoms with E-state index in [0.717, 1.165) is 4.90 Å². The topological polar surface area (TPSA) is 66.5 Å². The number of aliphatic hydroxyl groups is 1. The Morgan fingerprint density at radius 1 is 1.54 bits per heavy atom. The average Bonchev–Trinajstić information content (AvgIpc) is 2.16. The van der Waals surface area contributed by atoms with E-state index in [-0.39, 0.29) is 12.3 Å². The fourth-order valence-electron chi connectivity index (χ4n) is 1.05. The van der Waals surface area contributed by atoms with Gasteiger partial charge in [-0.05, 0) is 24.0 Å². The van der Waals surface area contributed by atoms with Crippen LogP contribution in [-0.4, -0.2) is 23.0 Å². The minimum absolute atomic E-state index is 0.165. The van der Waals surface area contributed by atoms with E-state index >= 15 is 0 Å². The number of nitrogens with two attached hydrogens (primary N) is 1. The van der Waals surface area contributed by atoms with Gasteiger partial charge in [-0.2, -0.15) is 0 Å². The third-order valence-corrected chi connectivity index (χ3v) is 2.60. The Morgan fingerprint density at radius 3 is 2.69 bits per heavy atom. The van der Waals surface area contributed by atoms with Crippen LogP contribution in [0.2, 0.25) is 0 Å². The van der Waals surface area contributed by atoms with Gasteiger partial charge in [0.05, 0.1) is 6.10 Å². The number of rotatable bonds is 3. The van der Waals surface area contributed by atoms with E-state index in [9.17, 15) is 10.2 Å². The van der Waals surface area contributed by atoms with Crippen molar-refractivity contribution in [2.24, 2.45) is 5.73 Å². The summed E-state index contributed by atoms with van der Waals surface area (Å²) in [5.74, 6) is 0.192. The second-order valence-corrected chi connectivity index (χ2v) is 3.53. The Morgan fingerprint density at radius 2 is 2.23 bits per heavy atom. The highest BCUT2D eigenvalue weighted by Crippen LogP contribution is 2.28. The van der Waals surface area contributed by atoms with E-state index in [1.807, 2.05) is 6.26 Å². The Hall–Kier alpha value is -0.710. The van der Waals surface area contributed by atoms with E-state index in [4.69, 9.17) is 5.73 Å². The molecule has 0 radical (unpaired) electrons. The fraction of sp³-hybridized carbons (Fsp3) is 0.333. The molecule has 0 aromatic heterocycles. The molecule has 72 valence electrons. The van der Waals surface area contributed by atoms with Gasteiger partial charge in [-0.1, -0.05) is 6.07 Å². The van der Waals surface area contributed by atoms with Crippen molar-refractivity contribution in [2.75, 3.05) is 12.8 Å². The molecular formula is C9H13NO2S. The summed E-state index contributed by atoms with van der Waals surface area (Å²) in [7, 11) is 0. The van der Waals surface area contributed by atoms with E-state index in [1.165, 1.54) is 11.8 Å². The van der Waals surface area contributed by atoms with E-state index < -0.39 is 6.10 Å². The molecule has 4 N–H and O–H groups in total. The maximum Gasteiger partial charge on any atom is 0.129 e. The number of phenols is 1. The van der Waals surface area contributed by atoms with Crippen LogP contribution in [0.25, 0.3) is 0 Å². The molecule has 0 saturated heterocycles. The van der Waals surface area contributed by atoms with Crippen LogP contribution in [0.5, 0.6) is 5.75 Å². The van der Waals surface area contributed by atoms with Gasteiger partial charge in [-0.25, -0.2) is 0 Å². The molecule has 0 bridgehead atoms. The summed E-state index contributed by atoms with van der Waals surface area (Å²) in [6.07, 6.45) is 1.19. The largest absolute Gasteiger partial charge is 0.507 e. The number of benzene rings is 1. The van der Waals surface area contributed by atoms with Gasteiger partial charge in [-0.3, -0.25) is 0 Å². The lowest BCUT2D eigenvalue weighted by Gasteiger charge is -2.09. The van der Waals surface area contributed by atoms with E-state index in [0.29, 0.717) is 5.56 Å². The number of hydrogen-bond acceptors (Lipinski definition) is 4. The van der Waals surface area contributed by atoms with Crippen LogP contribution in [0.15, 0.2) is 23.1 Å². The van der Waals surface area contributed by atoms with Crippen LogP contribution in [0, 0.1) is 0 Å². The summed E-state index contributed by atoms with van der Waals surface area (Å²) in [5.41, 5.74) is 5.94. The van der Waals surface area contributed by atoms with Gasteiger partial charge >= 0.3 is 0 Å². The Kier molecular flexibility index (Phi) is 3.59. The molecule has 1 rings (SSSR count). The zero-order valence-corrected chi connectivity index (χ0v) is 8.21. The van der Waals surface area contributed by atoms with Crippen molar-refractivity contribution in [3.63, 3.8) is 0 Å². The van der Waals surface area contributed by atoms with Crippen LogP contribution < -0.4 is 5.73 Å². The normalized spacial score (nSPS) is 12.8. The van der Waals surface area contributed by atoms with Crippen LogP contribution >= 0.6 is 11.8 Å². The summed E-state index contributed by atoms with van der Waals surface area (Å²) >= 11 is 1.46. The first-order valence-corrected chi connectivity index (χ1v) is 5.16. The van der Waals surface area contributed by atoms with Crippen molar-refractivity contribution in [2.45, 2.75) is 11.0 Å². The first-order chi connectivity index (χ1) is 6.19. The Balaban J connectivity index is 2.95. The first-order valence-electron chi connectivity index (χ1n) is 3.94. The van der Waals surface area contributed by atoms with E-state index in [1.54, 1.807) is 18.2 Å². The lowest BCUT2D eigenvalue weighted by molar-refractivity contribution is 0.186. The summed E-state index contributed by atoms with van der Waals surface area (Å²) in [5, 5.41) is 18.8. The highest BCUT2D eigenvalue weighted by molar-refractivity contribution is 7.98. The molecule has 0 heterocycles. The van der Waals surface area contributed by atoms with Crippen molar-refractivity contribution in [1.29, 1.82) is 0 Å². The first kappa shape index (κ1) is 10.4. The van der Waals surface area contributed by atoms with Crippen molar-refractivity contribution in [3.05, 3.63) is 23.8 Å². The molecule has 4 heteroatoms. The lowest BCUT2D eigenvalue weighted by atomic mass is 10.1. The van der Waals surface area contributed by atoms with Crippen molar-refractivity contribution in [3.8, 4) is 5.75 Å². The van der Waals surface area contributed by atoms with Crippen molar-refractivity contribution in [1.82, 2.24) is 0 Å². The van der Waals surface area contributed by atoms with Gasteiger partial charge in [0.25, 0.3) is 0 Å². The van der Waals surface area contributed by atoms with Crippen LogP contribution in [0.3, 0.4) is 0 Å². The molecular weight excluding hydrogens is 186 g/mol. The predicted molar refractivity (Wildman–Crippen MR) is 53.9 cm³/mol. The van der Waals surface area contributed by atoms with Gasteiger partial charge in [0.15, 0.2) is 0 Å². The summed E-state index contributed by atoms with van der Waals surface area (Å²) < 4.78 is 0. The quantitative estimate of drug-likeness (QED) is 0.638. The van der Waals surface area contributed by atoms with Gasteiger partial charge in [0, 0.05) is 11.4 Å². The number of aliphatic hydroxyl groups excluding tert-OH is 1. The maximum absolute atomic E-state index is 9.46. The zero-order chi connectivity index (χ0) is 9.84. The SMILES string of the molecule is CSc1ccc(C(O)CN)cc1O. The molecule has 1 atom stereocenters. The highest BCUT2D eigenvalue weighted by atomic mass is 32.2. The second-order valence-electron chi connectivity index (χ2n) is 2.68. The number of phenolic OH excluding ortho intramolecular Hbond substituents is 1. The average molecular weight is 199 g/mol. The van der Waals surface area contributed by atoms with Crippen molar-refractivity contribution >= 4 is 11.8 Å². The molecule has 0 fully saturated rings. The van der Waals surface area contributed by atoms with Gasteiger partial charge < -0.3 is 15.9 Å². The molecule has 0 aliphatic rings. The predicted octanol–water partition coefficient (Wildman–Crippen LogP) is 1.11. The standard InChI is InChI=1S/C9H13NO2S/c1-13-9-3-2-6(4-7(9)11)8(12)5-10/h2-4,8,11-12H,5,10H2,1H3.